The van der Waals surface area contributed by atoms with Crippen LogP contribution in [-0.2, 0) is 6.42 Å². The lowest BCUT2D eigenvalue weighted by Crippen LogP contribution is -2.13. The van der Waals surface area contributed by atoms with Gasteiger partial charge in [-0.2, -0.15) is 0 Å². The van der Waals surface area contributed by atoms with Crippen LogP contribution in [-0.4, -0.2) is 33.8 Å². The highest BCUT2D eigenvalue weighted by Gasteiger charge is 2.23. The fourth-order valence-electron chi connectivity index (χ4n) is 4.80. The van der Waals surface area contributed by atoms with E-state index in [-0.39, 0.29) is 33.9 Å². The van der Waals surface area contributed by atoms with Crippen molar-refractivity contribution in [2.24, 2.45) is 0 Å². The molecule has 4 aromatic carbocycles. The molecule has 7 nitrogen and oxygen atoms in total. The van der Waals surface area contributed by atoms with E-state index in [2.05, 4.69) is 37.2 Å². The molecule has 0 saturated heterocycles. The lowest BCUT2D eigenvalue weighted by molar-refractivity contribution is 0.0687. The maximum absolute atomic E-state index is 13.3. The number of anilines is 1. The number of carbonyl (C=O) groups excluding carboxylic acids is 2. The van der Waals surface area contributed by atoms with E-state index in [4.69, 9.17) is 0 Å². The Hall–Kier alpha value is -4.82. The van der Waals surface area contributed by atoms with Crippen LogP contribution < -0.4 is 5.32 Å². The van der Waals surface area contributed by atoms with Gasteiger partial charge < -0.3 is 15.5 Å². The number of carboxylic acids is 2. The first kappa shape index (κ1) is 36.5. The Morgan fingerprint density at radius 2 is 1.18 bits per heavy atom. The molecule has 0 unspecified atom stereocenters. The Balaban J connectivity index is 0.000000194. The Kier molecular flexibility index (Phi) is 11.9. The number of aromatic carboxylic acids is 2. The summed E-state index contributed by atoms with van der Waals surface area (Å²) in [6, 6.07) is 25.0. The molecule has 0 aliphatic carbocycles. The minimum absolute atomic E-state index is 0.0112. The van der Waals surface area contributed by atoms with Gasteiger partial charge in [-0.1, -0.05) is 62.2 Å². The zero-order valence-corrected chi connectivity index (χ0v) is 30.3. The molecule has 2 heterocycles. The molecule has 2 aromatic heterocycles. The van der Waals surface area contributed by atoms with Gasteiger partial charge in [-0.05, 0) is 83.2 Å². The van der Waals surface area contributed by atoms with Gasteiger partial charge in [0, 0.05) is 47.9 Å². The fraction of sp³-hybridized carbons (Fsp3) is 0.0270. The van der Waals surface area contributed by atoms with Crippen molar-refractivity contribution in [1.82, 2.24) is 0 Å². The summed E-state index contributed by atoms with van der Waals surface area (Å²) in [5.74, 6) is -3.98. The van der Waals surface area contributed by atoms with Gasteiger partial charge in [0.1, 0.15) is 22.2 Å². The molecular formula is C37H23Br2F2NO6S2. The van der Waals surface area contributed by atoms with Crippen LogP contribution >= 0.6 is 54.5 Å². The van der Waals surface area contributed by atoms with Crippen molar-refractivity contribution in [2.45, 2.75) is 6.42 Å². The third-order valence-electron chi connectivity index (χ3n) is 7.20. The predicted molar refractivity (Wildman–Crippen MR) is 198 cm³/mol. The monoisotopic (exact) mass is 837 g/mol. The van der Waals surface area contributed by atoms with Gasteiger partial charge in [0.25, 0.3) is 5.91 Å². The van der Waals surface area contributed by atoms with Crippen molar-refractivity contribution >= 4 is 83.2 Å². The van der Waals surface area contributed by atoms with Gasteiger partial charge in [0.2, 0.25) is 0 Å². The standard InChI is InChI=1S/C19H12BrFO3S.C18H11BrFNO3S/c20-13-5-1-11(2-6-13)15-10-25-17(18(15)19(23)24)9-16(22)12-3-7-14(21)8-4-12;19-12-6-4-10(5-7-12)14-9-25-17(15(14)18(23)24)21-16(22)11-2-1-3-13(20)8-11/h1-8,10H,9H2,(H,23,24);1-9H,(H,21,22)(H,23,24). The average Bonchev–Trinajstić information content (AvgIpc) is 3.71. The summed E-state index contributed by atoms with van der Waals surface area (Å²) in [5.41, 5.74) is 3.23. The van der Waals surface area contributed by atoms with Gasteiger partial charge >= 0.3 is 11.9 Å². The zero-order chi connectivity index (χ0) is 35.9. The van der Waals surface area contributed by atoms with Gasteiger partial charge in [-0.15, -0.1) is 22.7 Å². The highest BCUT2D eigenvalue weighted by Crippen LogP contribution is 2.37. The Morgan fingerprint density at radius 1 is 0.640 bits per heavy atom. The highest BCUT2D eigenvalue weighted by atomic mass is 79.9. The summed E-state index contributed by atoms with van der Waals surface area (Å²) in [4.78, 5) is 48.6. The second-order valence-electron chi connectivity index (χ2n) is 10.5. The molecule has 252 valence electrons. The maximum Gasteiger partial charge on any atom is 0.339 e. The second kappa shape index (κ2) is 16.3. The average molecular weight is 840 g/mol. The summed E-state index contributed by atoms with van der Waals surface area (Å²) in [5, 5.41) is 25.4. The number of halogens is 4. The van der Waals surface area contributed by atoms with Gasteiger partial charge in [0.15, 0.2) is 5.78 Å². The smallest absolute Gasteiger partial charge is 0.339 e. The SMILES string of the molecule is O=C(Cc1scc(-c2ccc(Br)cc2)c1C(=O)O)c1ccc(F)cc1.O=C(Nc1scc(-c2ccc(Br)cc2)c1C(=O)O)c1cccc(F)c1. The van der Waals surface area contributed by atoms with E-state index >= 15 is 0 Å². The largest absolute Gasteiger partial charge is 0.478 e. The third kappa shape index (κ3) is 8.85. The number of hydrogen-bond acceptors (Lipinski definition) is 6. The van der Waals surface area contributed by atoms with E-state index in [0.717, 1.165) is 37.5 Å². The summed E-state index contributed by atoms with van der Waals surface area (Å²) < 4.78 is 28.0. The quantitative estimate of drug-likeness (QED) is 0.125. The fourth-order valence-corrected chi connectivity index (χ4v) is 7.33. The van der Waals surface area contributed by atoms with Crippen molar-refractivity contribution in [1.29, 1.82) is 0 Å². The molecule has 0 radical (unpaired) electrons. The van der Waals surface area contributed by atoms with E-state index in [9.17, 15) is 38.2 Å². The van der Waals surface area contributed by atoms with Crippen LogP contribution in [0.2, 0.25) is 0 Å². The molecule has 0 aliphatic heterocycles. The Morgan fingerprint density at radius 3 is 1.72 bits per heavy atom. The van der Waals surface area contributed by atoms with Crippen LogP contribution in [0.1, 0.15) is 46.3 Å². The van der Waals surface area contributed by atoms with Crippen LogP contribution in [0.3, 0.4) is 0 Å². The molecule has 0 saturated carbocycles. The molecule has 0 atom stereocenters. The van der Waals surface area contributed by atoms with E-state index in [1.54, 1.807) is 22.9 Å². The highest BCUT2D eigenvalue weighted by molar-refractivity contribution is 9.10. The first-order valence-corrected chi connectivity index (χ1v) is 17.8. The van der Waals surface area contributed by atoms with Crippen molar-refractivity contribution in [3.63, 3.8) is 0 Å². The number of benzene rings is 4. The number of rotatable bonds is 9. The lowest BCUT2D eigenvalue weighted by Gasteiger charge is -2.06. The van der Waals surface area contributed by atoms with Gasteiger partial charge in [-0.3, -0.25) is 9.59 Å². The first-order chi connectivity index (χ1) is 23.9. The third-order valence-corrected chi connectivity index (χ3v) is 10.1. The number of carboxylic acid groups (broad SMARTS) is 2. The summed E-state index contributed by atoms with van der Waals surface area (Å²) in [6.45, 7) is 0. The summed E-state index contributed by atoms with van der Waals surface area (Å²) >= 11 is 9.04. The summed E-state index contributed by atoms with van der Waals surface area (Å²) in [7, 11) is 0. The normalized spacial score (nSPS) is 10.6. The minimum Gasteiger partial charge on any atom is -0.478 e. The molecule has 13 heteroatoms. The molecular weight excluding hydrogens is 816 g/mol. The van der Waals surface area contributed by atoms with Gasteiger partial charge in [0.05, 0.1) is 5.56 Å². The molecule has 0 bridgehead atoms. The van der Waals surface area contributed by atoms with E-state index in [1.807, 2.05) is 36.4 Å². The van der Waals surface area contributed by atoms with Crippen molar-refractivity contribution in [3.05, 3.63) is 156 Å². The van der Waals surface area contributed by atoms with E-state index in [1.165, 1.54) is 53.8 Å². The second-order valence-corrected chi connectivity index (χ2v) is 14.2. The molecule has 50 heavy (non-hydrogen) atoms. The number of carbonyl (C=O) groups is 4. The van der Waals surface area contributed by atoms with E-state index in [0.29, 0.717) is 21.6 Å². The molecule has 0 aliphatic rings. The predicted octanol–water partition coefficient (Wildman–Crippen LogP) is 10.7. The summed E-state index contributed by atoms with van der Waals surface area (Å²) in [6.07, 6.45) is -0.0333. The molecule has 6 rings (SSSR count). The number of amides is 1. The van der Waals surface area contributed by atoms with Crippen LogP contribution in [0.15, 0.2) is 117 Å². The first-order valence-electron chi connectivity index (χ1n) is 14.5. The van der Waals surface area contributed by atoms with Crippen LogP contribution in [0.5, 0.6) is 0 Å². The number of Topliss-reactive ketones (excluding diaryl/α,β-unsaturated/α-hetero) is 1. The van der Waals surface area contributed by atoms with Crippen LogP contribution in [0.4, 0.5) is 13.8 Å². The zero-order valence-electron chi connectivity index (χ0n) is 25.5. The van der Waals surface area contributed by atoms with Crippen molar-refractivity contribution < 1.29 is 38.2 Å². The van der Waals surface area contributed by atoms with E-state index < -0.39 is 29.5 Å². The van der Waals surface area contributed by atoms with Gasteiger partial charge in [-0.25, -0.2) is 18.4 Å². The topological polar surface area (TPSA) is 121 Å². The Labute approximate surface area is 309 Å². The molecule has 0 spiro atoms. The van der Waals surface area contributed by atoms with Crippen LogP contribution in [0.25, 0.3) is 22.3 Å². The maximum atomic E-state index is 13.3. The van der Waals surface area contributed by atoms with Crippen molar-refractivity contribution in [3.8, 4) is 22.3 Å². The number of hydrogen-bond donors (Lipinski definition) is 3. The number of thiophene rings is 2. The molecule has 3 N–H and O–H groups in total. The minimum atomic E-state index is -1.14. The van der Waals surface area contributed by atoms with Crippen LogP contribution in [0, 0.1) is 11.6 Å². The number of ketones is 1. The molecule has 6 aromatic rings. The lowest BCUT2D eigenvalue weighted by atomic mass is 10.00. The van der Waals surface area contributed by atoms with Crippen molar-refractivity contribution in [2.75, 3.05) is 5.32 Å². The number of nitrogens with one attached hydrogen (secondary N) is 1. The molecule has 1 amide bonds. The molecule has 0 fully saturated rings. The Bertz CT molecular complexity index is 2200.